The van der Waals surface area contributed by atoms with Gasteiger partial charge in [0.1, 0.15) is 23.0 Å². The first kappa shape index (κ1) is 21.0. The van der Waals surface area contributed by atoms with Crippen molar-refractivity contribution in [3.8, 4) is 23.0 Å². The van der Waals surface area contributed by atoms with Gasteiger partial charge in [0.2, 0.25) is 0 Å². The van der Waals surface area contributed by atoms with Crippen molar-refractivity contribution in [1.82, 2.24) is 4.90 Å². The fourth-order valence-electron chi connectivity index (χ4n) is 3.54. The smallest absolute Gasteiger partial charge is 0.199 e. The Morgan fingerprint density at radius 3 is 2.45 bits per heavy atom. The summed E-state index contributed by atoms with van der Waals surface area (Å²) in [5.41, 5.74) is 1.32. The van der Waals surface area contributed by atoms with Crippen LogP contribution >= 0.6 is 0 Å². The Balaban J connectivity index is 2.08. The Labute approximate surface area is 170 Å². The van der Waals surface area contributed by atoms with E-state index < -0.39 is 18.0 Å². The summed E-state index contributed by atoms with van der Waals surface area (Å²) < 4.78 is 16.8. The summed E-state index contributed by atoms with van der Waals surface area (Å²) in [6, 6.07) is 8.05. The molecule has 1 heterocycles. The van der Waals surface area contributed by atoms with Gasteiger partial charge in [0.05, 0.1) is 25.3 Å². The molecule has 0 aliphatic carbocycles. The zero-order chi connectivity index (χ0) is 21.1. The van der Waals surface area contributed by atoms with E-state index in [1.165, 1.54) is 19.2 Å². The quantitative estimate of drug-likeness (QED) is 0.737. The largest absolute Gasteiger partial charge is 0.507 e. The molecule has 0 aromatic heterocycles. The first-order valence-corrected chi connectivity index (χ1v) is 9.63. The average molecular weight is 401 g/mol. The van der Waals surface area contributed by atoms with Crippen LogP contribution in [0.4, 0.5) is 0 Å². The summed E-state index contributed by atoms with van der Waals surface area (Å²) in [4.78, 5) is 15.0. The number of aliphatic hydroxyl groups excluding tert-OH is 1. The minimum absolute atomic E-state index is 0.0558. The predicted molar refractivity (Wildman–Crippen MR) is 108 cm³/mol. The summed E-state index contributed by atoms with van der Waals surface area (Å²) >= 11 is 0. The van der Waals surface area contributed by atoms with Crippen molar-refractivity contribution in [3.05, 3.63) is 47.0 Å². The van der Waals surface area contributed by atoms with Gasteiger partial charge in [0.25, 0.3) is 0 Å². The minimum Gasteiger partial charge on any atom is -0.507 e. The molecule has 2 aromatic carbocycles. The first-order chi connectivity index (χ1) is 13.9. The third kappa shape index (κ3) is 3.88. The van der Waals surface area contributed by atoms with Crippen LogP contribution in [0, 0.1) is 0 Å². The zero-order valence-corrected chi connectivity index (χ0v) is 17.1. The highest BCUT2D eigenvalue weighted by Crippen LogP contribution is 2.43. The molecule has 7 nitrogen and oxygen atoms in total. The maximum atomic E-state index is 12.9. The van der Waals surface area contributed by atoms with E-state index in [-0.39, 0.29) is 11.3 Å². The third-order valence-corrected chi connectivity index (χ3v) is 5.32. The Hall–Kier alpha value is -2.77. The number of benzene rings is 2. The van der Waals surface area contributed by atoms with Gasteiger partial charge in [0.15, 0.2) is 18.0 Å². The molecule has 156 valence electrons. The number of methoxy groups -OCH3 is 2. The van der Waals surface area contributed by atoms with Gasteiger partial charge < -0.3 is 24.4 Å². The Bertz CT molecular complexity index is 893. The lowest BCUT2D eigenvalue weighted by Gasteiger charge is -2.33. The van der Waals surface area contributed by atoms with Crippen LogP contribution in [0.5, 0.6) is 23.0 Å². The van der Waals surface area contributed by atoms with E-state index in [2.05, 4.69) is 4.90 Å². The lowest BCUT2D eigenvalue weighted by molar-refractivity contribution is 0.0199. The summed E-state index contributed by atoms with van der Waals surface area (Å²) in [5, 5.41) is 21.1. The van der Waals surface area contributed by atoms with Gasteiger partial charge in [-0.1, -0.05) is 13.8 Å². The first-order valence-electron chi connectivity index (χ1n) is 9.63. The molecule has 7 heteroatoms. The molecule has 2 unspecified atom stereocenters. The van der Waals surface area contributed by atoms with Crippen LogP contribution in [0.1, 0.15) is 41.4 Å². The van der Waals surface area contributed by atoms with Crippen LogP contribution < -0.4 is 14.2 Å². The number of fused-ring (bicyclic) bond motifs is 1. The number of nitrogens with zero attached hydrogens (tertiary/aromatic N) is 1. The van der Waals surface area contributed by atoms with Gasteiger partial charge in [-0.2, -0.15) is 0 Å². The van der Waals surface area contributed by atoms with Crippen LogP contribution in [0.2, 0.25) is 0 Å². The van der Waals surface area contributed by atoms with Crippen LogP contribution in [-0.2, 0) is 6.54 Å². The Morgan fingerprint density at radius 1 is 1.10 bits per heavy atom. The number of hydrogen-bond donors (Lipinski definition) is 2. The van der Waals surface area contributed by atoms with Gasteiger partial charge in [-0.05, 0) is 37.4 Å². The molecule has 0 spiro atoms. The number of ketones is 1. The van der Waals surface area contributed by atoms with Gasteiger partial charge >= 0.3 is 0 Å². The number of carbonyl (C=O) groups excluding carboxylic acids is 1. The molecule has 2 N–H and O–H groups in total. The second kappa shape index (κ2) is 8.71. The van der Waals surface area contributed by atoms with E-state index in [1.54, 1.807) is 25.3 Å². The molecular weight excluding hydrogens is 374 g/mol. The molecule has 2 aromatic rings. The summed E-state index contributed by atoms with van der Waals surface area (Å²) in [6.45, 7) is 6.04. The molecule has 29 heavy (non-hydrogen) atoms. The standard InChI is InChI=1S/C22H27NO6/c1-5-23(6-2)12-16-17(24)10-9-15-19(25)20(26)22(29-21(15)16)14-8-7-13(27-3)11-18(14)28-4/h7-11,20,22,24,26H,5-6,12H2,1-4H3. The zero-order valence-electron chi connectivity index (χ0n) is 17.1. The second-order valence-corrected chi connectivity index (χ2v) is 6.86. The molecule has 0 saturated heterocycles. The number of hydrogen-bond acceptors (Lipinski definition) is 7. The fourth-order valence-corrected chi connectivity index (χ4v) is 3.54. The number of aromatic hydroxyl groups is 1. The summed E-state index contributed by atoms with van der Waals surface area (Å²) in [5.74, 6) is 0.933. The van der Waals surface area contributed by atoms with Crippen molar-refractivity contribution in [2.75, 3.05) is 27.3 Å². The number of rotatable bonds is 7. The van der Waals surface area contributed by atoms with Crippen molar-refractivity contribution in [2.45, 2.75) is 32.6 Å². The molecule has 2 atom stereocenters. The van der Waals surface area contributed by atoms with Gasteiger partial charge in [-0.3, -0.25) is 9.69 Å². The molecule has 0 saturated carbocycles. The maximum absolute atomic E-state index is 12.9. The average Bonchev–Trinajstić information content (AvgIpc) is 2.75. The van der Waals surface area contributed by atoms with Crippen molar-refractivity contribution < 1.29 is 29.2 Å². The fraction of sp³-hybridized carbons (Fsp3) is 0.409. The lowest BCUT2D eigenvalue weighted by atomic mass is 9.91. The SMILES string of the molecule is CCN(CC)Cc1c(O)ccc2c1OC(c1ccc(OC)cc1OC)C(O)C2=O. The van der Waals surface area contributed by atoms with Crippen molar-refractivity contribution >= 4 is 5.78 Å². The number of ether oxygens (including phenoxy) is 3. The highest BCUT2D eigenvalue weighted by Gasteiger charge is 2.40. The Morgan fingerprint density at radius 2 is 1.83 bits per heavy atom. The van der Waals surface area contributed by atoms with Gasteiger partial charge in [-0.15, -0.1) is 0 Å². The maximum Gasteiger partial charge on any atom is 0.199 e. The predicted octanol–water partition coefficient (Wildman–Crippen LogP) is 2.93. The Kier molecular flexibility index (Phi) is 6.30. The van der Waals surface area contributed by atoms with Crippen molar-refractivity contribution in [1.29, 1.82) is 0 Å². The van der Waals surface area contributed by atoms with E-state index >= 15 is 0 Å². The molecule has 0 radical (unpaired) electrons. The minimum atomic E-state index is -1.39. The van der Waals surface area contributed by atoms with E-state index in [9.17, 15) is 15.0 Å². The van der Waals surface area contributed by atoms with E-state index in [1.807, 2.05) is 13.8 Å². The molecule has 0 amide bonds. The molecular formula is C22H27NO6. The van der Waals surface area contributed by atoms with Crippen LogP contribution in [-0.4, -0.2) is 54.3 Å². The number of aliphatic hydroxyl groups is 1. The van der Waals surface area contributed by atoms with Crippen LogP contribution in [0.15, 0.2) is 30.3 Å². The van der Waals surface area contributed by atoms with Crippen LogP contribution in [0.3, 0.4) is 0 Å². The molecule has 1 aliphatic heterocycles. The normalized spacial score (nSPS) is 18.3. The molecule has 0 fully saturated rings. The van der Waals surface area contributed by atoms with Crippen molar-refractivity contribution in [2.24, 2.45) is 0 Å². The summed E-state index contributed by atoms with van der Waals surface area (Å²) in [7, 11) is 3.04. The number of phenolic OH excluding ortho intramolecular Hbond substituents is 1. The molecule has 3 rings (SSSR count). The monoisotopic (exact) mass is 401 g/mol. The number of carbonyl (C=O) groups is 1. The number of Topliss-reactive ketones (excluding diaryl/α,β-unsaturated/α-hetero) is 1. The van der Waals surface area contributed by atoms with Crippen molar-refractivity contribution in [3.63, 3.8) is 0 Å². The van der Waals surface area contributed by atoms with Gasteiger partial charge in [0, 0.05) is 18.2 Å². The van der Waals surface area contributed by atoms with Crippen LogP contribution in [0.25, 0.3) is 0 Å². The van der Waals surface area contributed by atoms with E-state index in [4.69, 9.17) is 14.2 Å². The topological polar surface area (TPSA) is 88.5 Å². The second-order valence-electron chi connectivity index (χ2n) is 6.86. The van der Waals surface area contributed by atoms with Gasteiger partial charge in [-0.25, -0.2) is 0 Å². The van der Waals surface area contributed by atoms with E-state index in [0.717, 1.165) is 13.1 Å². The highest BCUT2D eigenvalue weighted by atomic mass is 16.5. The third-order valence-electron chi connectivity index (χ3n) is 5.32. The lowest BCUT2D eigenvalue weighted by Crippen LogP contribution is -2.37. The number of phenols is 1. The highest BCUT2D eigenvalue weighted by molar-refractivity contribution is 6.03. The molecule has 0 bridgehead atoms. The summed E-state index contributed by atoms with van der Waals surface area (Å²) in [6.07, 6.45) is -2.36. The molecule has 1 aliphatic rings. The van der Waals surface area contributed by atoms with E-state index in [0.29, 0.717) is 34.9 Å².